The van der Waals surface area contributed by atoms with Crippen molar-refractivity contribution >= 4 is 22.4 Å². The highest BCUT2D eigenvalue weighted by molar-refractivity contribution is 7.18. The van der Waals surface area contributed by atoms with Crippen LogP contribution in [-0.4, -0.2) is 22.9 Å². The Morgan fingerprint density at radius 1 is 1.04 bits per heavy atom. The van der Waals surface area contributed by atoms with Crippen LogP contribution in [-0.2, 0) is 10.2 Å². The van der Waals surface area contributed by atoms with Crippen molar-refractivity contribution in [2.45, 2.75) is 18.3 Å². The molecular formula is C19H15N3O3S. The molecule has 1 aromatic heterocycles. The first-order chi connectivity index (χ1) is 12.7. The lowest BCUT2D eigenvalue weighted by Gasteiger charge is -2.14. The quantitative estimate of drug-likeness (QED) is 0.765. The second-order valence-corrected chi connectivity index (χ2v) is 7.36. The summed E-state index contributed by atoms with van der Waals surface area (Å²) in [6, 6.07) is 15.5. The molecule has 2 heterocycles. The number of benzene rings is 2. The molecule has 130 valence electrons. The van der Waals surface area contributed by atoms with Gasteiger partial charge in [-0.15, -0.1) is 10.2 Å². The number of amides is 1. The fourth-order valence-corrected chi connectivity index (χ4v) is 3.90. The van der Waals surface area contributed by atoms with Gasteiger partial charge in [0.2, 0.25) is 17.8 Å². The van der Waals surface area contributed by atoms with Gasteiger partial charge in [0.05, 0.1) is 5.41 Å². The normalized spacial score (nSPS) is 16.3. The number of fused-ring (bicyclic) bond motifs is 1. The van der Waals surface area contributed by atoms with Crippen LogP contribution in [0.2, 0.25) is 0 Å². The van der Waals surface area contributed by atoms with Crippen molar-refractivity contribution in [3.05, 3.63) is 54.1 Å². The van der Waals surface area contributed by atoms with Crippen molar-refractivity contribution in [1.29, 1.82) is 0 Å². The number of rotatable bonds is 4. The molecule has 1 N–H and O–H groups in total. The third kappa shape index (κ3) is 2.52. The molecule has 1 aliphatic heterocycles. The molecule has 0 saturated heterocycles. The summed E-state index contributed by atoms with van der Waals surface area (Å²) in [5.41, 5.74) is 1.42. The van der Waals surface area contributed by atoms with Gasteiger partial charge in [-0.3, -0.25) is 10.1 Å². The Morgan fingerprint density at radius 2 is 1.85 bits per heavy atom. The van der Waals surface area contributed by atoms with Crippen LogP contribution in [0.25, 0.3) is 10.6 Å². The Hall–Kier alpha value is -2.93. The van der Waals surface area contributed by atoms with Gasteiger partial charge in [0.15, 0.2) is 11.5 Å². The number of nitrogens with zero attached hydrogens (tertiary/aromatic N) is 2. The fourth-order valence-electron chi connectivity index (χ4n) is 3.15. The summed E-state index contributed by atoms with van der Waals surface area (Å²) < 4.78 is 10.8. The van der Waals surface area contributed by atoms with Crippen LogP contribution in [0.4, 0.5) is 5.13 Å². The lowest BCUT2D eigenvalue weighted by atomic mass is 9.94. The second-order valence-electron chi connectivity index (χ2n) is 6.38. The van der Waals surface area contributed by atoms with E-state index in [4.69, 9.17) is 9.47 Å². The van der Waals surface area contributed by atoms with Crippen LogP contribution >= 0.6 is 11.3 Å². The third-order valence-corrected chi connectivity index (χ3v) is 5.66. The molecule has 1 aliphatic carbocycles. The molecule has 1 saturated carbocycles. The molecule has 0 spiro atoms. The van der Waals surface area contributed by atoms with Crippen molar-refractivity contribution in [2.24, 2.45) is 0 Å². The maximum Gasteiger partial charge on any atom is 0.236 e. The van der Waals surface area contributed by atoms with Crippen LogP contribution in [0.15, 0.2) is 48.5 Å². The molecule has 5 rings (SSSR count). The average Bonchev–Trinajstić information content (AvgIpc) is 3.13. The molecule has 0 bridgehead atoms. The number of hydrogen-bond acceptors (Lipinski definition) is 6. The first-order valence-electron chi connectivity index (χ1n) is 8.35. The average molecular weight is 365 g/mol. The smallest absolute Gasteiger partial charge is 0.236 e. The fraction of sp³-hybridized carbons (Fsp3) is 0.211. The number of carbonyl (C=O) groups is 1. The number of nitrogens with one attached hydrogen (secondary N) is 1. The van der Waals surface area contributed by atoms with E-state index in [1.165, 1.54) is 11.3 Å². The predicted octanol–water partition coefficient (Wildman–Crippen LogP) is 3.60. The van der Waals surface area contributed by atoms with Crippen molar-refractivity contribution in [3.8, 4) is 22.1 Å². The number of hydrogen-bond donors (Lipinski definition) is 1. The molecule has 3 aromatic rings. The van der Waals surface area contributed by atoms with Gasteiger partial charge >= 0.3 is 0 Å². The predicted molar refractivity (Wildman–Crippen MR) is 97.5 cm³/mol. The molecule has 1 fully saturated rings. The highest BCUT2D eigenvalue weighted by atomic mass is 32.1. The van der Waals surface area contributed by atoms with E-state index in [0.29, 0.717) is 10.9 Å². The van der Waals surface area contributed by atoms with E-state index in [9.17, 15) is 4.79 Å². The van der Waals surface area contributed by atoms with Crippen molar-refractivity contribution in [1.82, 2.24) is 10.2 Å². The molecule has 6 nitrogen and oxygen atoms in total. The largest absolute Gasteiger partial charge is 0.454 e. The van der Waals surface area contributed by atoms with Gasteiger partial charge in [-0.25, -0.2) is 0 Å². The zero-order valence-electron chi connectivity index (χ0n) is 13.8. The van der Waals surface area contributed by atoms with Gasteiger partial charge in [0.1, 0.15) is 5.01 Å². The van der Waals surface area contributed by atoms with Gasteiger partial charge in [-0.1, -0.05) is 47.7 Å². The Bertz CT molecular complexity index is 983. The minimum Gasteiger partial charge on any atom is -0.454 e. The summed E-state index contributed by atoms with van der Waals surface area (Å²) in [5, 5.41) is 12.5. The van der Waals surface area contributed by atoms with Crippen LogP contribution in [0, 0.1) is 0 Å². The molecular weight excluding hydrogens is 350 g/mol. The molecule has 7 heteroatoms. The summed E-state index contributed by atoms with van der Waals surface area (Å²) in [7, 11) is 0. The molecule has 26 heavy (non-hydrogen) atoms. The molecule has 0 radical (unpaired) electrons. The van der Waals surface area contributed by atoms with E-state index in [1.54, 1.807) is 0 Å². The zero-order valence-corrected chi connectivity index (χ0v) is 14.6. The highest BCUT2D eigenvalue weighted by Gasteiger charge is 2.52. The molecule has 0 unspecified atom stereocenters. The summed E-state index contributed by atoms with van der Waals surface area (Å²) in [6.45, 7) is 0.227. The first-order valence-corrected chi connectivity index (χ1v) is 9.17. The number of aromatic nitrogens is 2. The lowest BCUT2D eigenvalue weighted by molar-refractivity contribution is -0.118. The second kappa shape index (κ2) is 5.81. The van der Waals surface area contributed by atoms with Gasteiger partial charge in [-0.2, -0.15) is 0 Å². The van der Waals surface area contributed by atoms with E-state index in [0.717, 1.165) is 34.7 Å². The molecule has 1 amide bonds. The van der Waals surface area contributed by atoms with Crippen LogP contribution in [0.5, 0.6) is 11.5 Å². The summed E-state index contributed by atoms with van der Waals surface area (Å²) >= 11 is 1.37. The Labute approximate surface area is 153 Å². The van der Waals surface area contributed by atoms with Crippen molar-refractivity contribution in [2.75, 3.05) is 12.1 Å². The minimum absolute atomic E-state index is 0.0490. The molecule has 2 aromatic carbocycles. The van der Waals surface area contributed by atoms with Gasteiger partial charge < -0.3 is 9.47 Å². The van der Waals surface area contributed by atoms with Gasteiger partial charge in [0, 0.05) is 5.56 Å². The topological polar surface area (TPSA) is 73.3 Å². The van der Waals surface area contributed by atoms with E-state index < -0.39 is 5.41 Å². The lowest BCUT2D eigenvalue weighted by Crippen LogP contribution is -2.27. The Morgan fingerprint density at radius 3 is 2.65 bits per heavy atom. The van der Waals surface area contributed by atoms with E-state index >= 15 is 0 Å². The number of anilines is 1. The molecule has 0 atom stereocenters. The summed E-state index contributed by atoms with van der Waals surface area (Å²) in [4.78, 5) is 12.9. The minimum atomic E-state index is -0.514. The standard InChI is InChI=1S/C19H15N3O3S/c23-17(20-18-22-21-16(26-18)12-4-2-1-3-5-12)19(8-9-19)13-6-7-14-15(10-13)25-11-24-14/h1-7,10H,8-9,11H2,(H,20,22,23). The van der Waals surface area contributed by atoms with Gasteiger partial charge in [-0.05, 0) is 30.5 Å². The van der Waals surface area contributed by atoms with Crippen molar-refractivity contribution < 1.29 is 14.3 Å². The maximum absolute atomic E-state index is 12.9. The molecule has 2 aliphatic rings. The van der Waals surface area contributed by atoms with E-state index in [-0.39, 0.29) is 12.7 Å². The first kappa shape index (κ1) is 15.3. The van der Waals surface area contributed by atoms with Crippen LogP contribution < -0.4 is 14.8 Å². The van der Waals surface area contributed by atoms with Crippen molar-refractivity contribution in [3.63, 3.8) is 0 Å². The monoisotopic (exact) mass is 365 g/mol. The summed E-state index contributed by atoms with van der Waals surface area (Å²) in [5.74, 6) is 1.37. The SMILES string of the molecule is O=C(Nc1nnc(-c2ccccc2)s1)C1(c2ccc3c(c2)OCO3)CC1. The van der Waals surface area contributed by atoms with Gasteiger partial charge in [0.25, 0.3) is 0 Å². The van der Waals surface area contributed by atoms with Crippen LogP contribution in [0.3, 0.4) is 0 Å². The Kier molecular flexibility index (Phi) is 3.43. The van der Waals surface area contributed by atoms with Crippen LogP contribution in [0.1, 0.15) is 18.4 Å². The van der Waals surface area contributed by atoms with E-state index in [2.05, 4.69) is 15.5 Å². The third-order valence-electron chi connectivity index (χ3n) is 4.78. The van der Waals surface area contributed by atoms with E-state index in [1.807, 2.05) is 48.5 Å². The number of carbonyl (C=O) groups excluding carboxylic acids is 1. The Balaban J connectivity index is 1.36. The number of ether oxygens (including phenoxy) is 2. The maximum atomic E-state index is 12.9. The zero-order chi connectivity index (χ0) is 17.6. The highest BCUT2D eigenvalue weighted by Crippen LogP contribution is 2.51. The summed E-state index contributed by atoms with van der Waals surface area (Å²) in [6.07, 6.45) is 1.62.